The number of alkyl halides is 6. The zero-order valence-corrected chi connectivity index (χ0v) is 20.6. The summed E-state index contributed by atoms with van der Waals surface area (Å²) >= 11 is -0.826. The molecule has 0 saturated heterocycles. The molecule has 0 unspecified atom stereocenters. The Hall–Kier alpha value is -1.30. The van der Waals surface area contributed by atoms with E-state index in [4.69, 9.17) is 17.0 Å². The molecule has 0 N–H and O–H groups in total. The van der Waals surface area contributed by atoms with Gasteiger partial charge in [0.2, 0.25) is 0 Å². The third kappa shape index (κ3) is 5.10. The Morgan fingerprint density at radius 2 is 1.44 bits per heavy atom. The molecule has 0 spiro atoms. The Bertz CT molecular complexity index is 1170. The molecule has 9 heteroatoms. The van der Waals surface area contributed by atoms with Crippen molar-refractivity contribution in [2.24, 2.45) is 0 Å². The zero-order valence-electron chi connectivity index (χ0n) is 16.6. The number of allylic oxidation sites excluding steroid dienone is 1. The van der Waals surface area contributed by atoms with E-state index in [0.29, 0.717) is 17.5 Å². The first-order valence-electron chi connectivity index (χ1n) is 9.51. The summed E-state index contributed by atoms with van der Waals surface area (Å²) in [5, 5.41) is -0.292. The molecule has 3 aromatic carbocycles. The molecule has 0 aromatic heterocycles. The number of hydrogen-bond donors (Lipinski definition) is 0. The minimum atomic E-state index is -4.93. The van der Waals surface area contributed by atoms with Gasteiger partial charge in [-0.2, -0.15) is 26.3 Å². The van der Waals surface area contributed by atoms with Crippen molar-refractivity contribution in [2.75, 3.05) is 0 Å². The molecule has 1 aliphatic carbocycles. The van der Waals surface area contributed by atoms with Crippen LogP contribution in [0.5, 0.6) is 0 Å². The molecule has 3 aromatic rings. The SMILES string of the molecule is CCC1=Cc2c(cccc2-c2c(C(F)(F)F)cc(C(F)(F)F)c3ccccc23)C1.[Cl][Zr][Cl]. The summed E-state index contributed by atoms with van der Waals surface area (Å²) in [5.74, 6) is 0. The van der Waals surface area contributed by atoms with Crippen molar-refractivity contribution >= 4 is 33.9 Å². The standard InChI is InChI=1S/C23H16F6.2ClH.Zr/c1-2-13-10-14-6-5-9-17(18(14)11-13)21-16-8-4-3-7-15(16)19(22(24,25)26)12-20(21)23(27,28)29;;;/h3-9,11-12H,2,10H2,1H3;2*1H;/q;;;+2/p-2. The van der Waals surface area contributed by atoms with Gasteiger partial charge in [-0.1, -0.05) is 61.0 Å². The summed E-state index contributed by atoms with van der Waals surface area (Å²) in [7, 11) is 9.87. The first-order chi connectivity index (χ1) is 15.0. The second-order valence-electron chi connectivity index (χ2n) is 7.17. The second-order valence-corrected chi connectivity index (χ2v) is 10.9. The van der Waals surface area contributed by atoms with Crippen molar-refractivity contribution in [3.8, 4) is 11.1 Å². The summed E-state index contributed by atoms with van der Waals surface area (Å²) in [5.41, 5.74) is 0.181. The number of benzene rings is 3. The fourth-order valence-corrected chi connectivity index (χ4v) is 4.01. The Labute approximate surface area is 199 Å². The molecule has 4 rings (SSSR count). The maximum atomic E-state index is 13.9. The van der Waals surface area contributed by atoms with Crippen LogP contribution in [0.3, 0.4) is 0 Å². The summed E-state index contributed by atoms with van der Waals surface area (Å²) in [6.07, 6.45) is -6.57. The van der Waals surface area contributed by atoms with Crippen molar-refractivity contribution in [1.82, 2.24) is 0 Å². The molecule has 0 saturated carbocycles. The zero-order chi connectivity index (χ0) is 23.7. The number of halogens is 8. The fraction of sp³-hybridized carbons (Fsp3) is 0.217. The van der Waals surface area contributed by atoms with E-state index < -0.39 is 44.3 Å². The van der Waals surface area contributed by atoms with Gasteiger partial charge in [-0.3, -0.25) is 0 Å². The summed E-state index contributed by atoms with van der Waals surface area (Å²) < 4.78 is 82.5. The number of fused-ring (bicyclic) bond motifs is 2. The average molecular weight is 568 g/mol. The van der Waals surface area contributed by atoms with Crippen LogP contribution in [0.15, 0.2) is 54.1 Å². The summed E-state index contributed by atoms with van der Waals surface area (Å²) in [6, 6.07) is 10.7. The summed E-state index contributed by atoms with van der Waals surface area (Å²) in [6.45, 7) is 1.96. The molecular weight excluding hydrogens is 552 g/mol. The van der Waals surface area contributed by atoms with Gasteiger partial charge in [0.1, 0.15) is 0 Å². The predicted molar refractivity (Wildman–Crippen MR) is 113 cm³/mol. The minimum absolute atomic E-state index is 0.0543. The molecule has 168 valence electrons. The molecule has 0 aliphatic heterocycles. The molecule has 0 atom stereocenters. The van der Waals surface area contributed by atoms with Crippen molar-refractivity contribution in [3.63, 3.8) is 0 Å². The molecule has 0 amide bonds. The van der Waals surface area contributed by atoms with Crippen LogP contribution in [0, 0.1) is 0 Å². The van der Waals surface area contributed by atoms with Gasteiger partial charge in [0.05, 0.1) is 11.1 Å². The van der Waals surface area contributed by atoms with Gasteiger partial charge < -0.3 is 0 Å². The van der Waals surface area contributed by atoms with E-state index in [0.717, 1.165) is 17.6 Å². The number of hydrogen-bond acceptors (Lipinski definition) is 0. The molecule has 0 nitrogen and oxygen atoms in total. The molecule has 32 heavy (non-hydrogen) atoms. The van der Waals surface area contributed by atoms with Crippen LogP contribution < -0.4 is 0 Å². The quantitative estimate of drug-likeness (QED) is 0.270. The molecule has 0 fully saturated rings. The predicted octanol–water partition coefficient (Wildman–Crippen LogP) is 9.27. The van der Waals surface area contributed by atoms with Crippen LogP contribution >= 0.6 is 17.0 Å². The van der Waals surface area contributed by atoms with Gasteiger partial charge in [-0.05, 0) is 46.4 Å². The summed E-state index contributed by atoms with van der Waals surface area (Å²) in [4.78, 5) is 0. The van der Waals surface area contributed by atoms with Crippen LogP contribution in [0.25, 0.3) is 28.0 Å². The Morgan fingerprint density at radius 3 is 2.00 bits per heavy atom. The van der Waals surface area contributed by atoms with E-state index in [2.05, 4.69) is 0 Å². The Balaban J connectivity index is 0.000000913. The topological polar surface area (TPSA) is 0 Å². The van der Waals surface area contributed by atoms with Crippen molar-refractivity contribution in [2.45, 2.75) is 32.1 Å². The van der Waals surface area contributed by atoms with E-state index in [1.165, 1.54) is 24.3 Å². The van der Waals surface area contributed by atoms with Crippen LogP contribution in [-0.4, -0.2) is 0 Å². The van der Waals surface area contributed by atoms with Crippen LogP contribution in [0.1, 0.15) is 35.6 Å². The number of rotatable bonds is 2. The second kappa shape index (κ2) is 9.91. The molecule has 0 bridgehead atoms. The van der Waals surface area contributed by atoms with Gasteiger partial charge in [0.15, 0.2) is 0 Å². The monoisotopic (exact) mass is 566 g/mol. The van der Waals surface area contributed by atoms with Crippen LogP contribution in [-0.2, 0) is 39.6 Å². The van der Waals surface area contributed by atoms with Gasteiger partial charge in [0, 0.05) is 5.56 Å². The van der Waals surface area contributed by atoms with Crippen molar-refractivity contribution < 1.29 is 47.2 Å². The fourth-order valence-electron chi connectivity index (χ4n) is 4.01. The molecular formula is C23H16Cl2F6Zr. The van der Waals surface area contributed by atoms with Crippen molar-refractivity contribution in [3.05, 3.63) is 76.4 Å². The third-order valence-electron chi connectivity index (χ3n) is 5.34. The molecule has 1 aliphatic rings. The van der Waals surface area contributed by atoms with E-state index >= 15 is 0 Å². The first-order valence-corrected chi connectivity index (χ1v) is 15.8. The molecule has 0 heterocycles. The van der Waals surface area contributed by atoms with Crippen LogP contribution in [0.4, 0.5) is 26.3 Å². The molecule has 0 radical (unpaired) electrons. The van der Waals surface area contributed by atoms with Gasteiger partial charge in [0.25, 0.3) is 0 Å². The van der Waals surface area contributed by atoms with E-state index in [1.807, 2.05) is 19.1 Å². The average Bonchev–Trinajstić information content (AvgIpc) is 3.15. The van der Waals surface area contributed by atoms with Crippen molar-refractivity contribution in [1.29, 1.82) is 0 Å². The van der Waals surface area contributed by atoms with Gasteiger partial charge in [-0.25, -0.2) is 0 Å². The maximum absolute atomic E-state index is 13.9. The van der Waals surface area contributed by atoms with E-state index in [1.54, 1.807) is 12.1 Å². The third-order valence-corrected chi connectivity index (χ3v) is 5.34. The van der Waals surface area contributed by atoms with E-state index in [-0.39, 0.29) is 22.4 Å². The van der Waals surface area contributed by atoms with Gasteiger partial charge >= 0.3 is 50.2 Å². The van der Waals surface area contributed by atoms with Gasteiger partial charge in [-0.15, -0.1) is 0 Å². The van der Waals surface area contributed by atoms with Crippen LogP contribution in [0.2, 0.25) is 0 Å². The Kier molecular flexibility index (Phi) is 7.84. The van der Waals surface area contributed by atoms with E-state index in [9.17, 15) is 26.3 Å². The normalized spacial score (nSPS) is 13.3. The Morgan fingerprint density at radius 1 is 0.844 bits per heavy atom. The first kappa shape index (κ1) is 25.3.